The molecule has 1 N–H and O–H groups in total. The van der Waals surface area contributed by atoms with Crippen molar-refractivity contribution >= 4 is 6.34 Å². The van der Waals surface area contributed by atoms with Gasteiger partial charge in [0.25, 0.3) is 0 Å². The van der Waals surface area contributed by atoms with E-state index in [1.165, 1.54) is 18.5 Å². The molecule has 0 fully saturated rings. The molecule has 4 heteroatoms. The third-order valence-electron chi connectivity index (χ3n) is 3.80. The molecule has 1 aromatic carbocycles. The summed E-state index contributed by atoms with van der Waals surface area (Å²) in [6.07, 6.45) is 2.11. The Morgan fingerprint density at radius 1 is 1.24 bits per heavy atom. The number of aliphatic imine (C=N–C) groups is 1. The maximum absolute atomic E-state index is 12.8. The highest BCUT2D eigenvalue weighted by Gasteiger charge is 2.48. The van der Waals surface area contributed by atoms with E-state index in [2.05, 4.69) is 4.99 Å². The van der Waals surface area contributed by atoms with Crippen LogP contribution in [0.1, 0.15) is 26.3 Å². The molecule has 0 spiro atoms. The summed E-state index contributed by atoms with van der Waals surface area (Å²) in [5.41, 5.74) is 0.121. The molecular weight excluding hydrogens is 219 g/mol. The number of nitrogens with zero attached hydrogens (tertiary/aromatic N) is 2. The SMILES string of the molecule is CC1(Cc2ccc(F)cc2)N=CN(O)C1(C)C. The Morgan fingerprint density at radius 3 is 2.29 bits per heavy atom. The first kappa shape index (κ1) is 12.0. The van der Waals surface area contributed by atoms with Crippen molar-refractivity contribution in [1.29, 1.82) is 0 Å². The topological polar surface area (TPSA) is 35.8 Å². The quantitative estimate of drug-likeness (QED) is 0.856. The maximum Gasteiger partial charge on any atom is 0.123 e. The highest BCUT2D eigenvalue weighted by atomic mass is 19.1. The molecule has 0 radical (unpaired) electrons. The monoisotopic (exact) mass is 236 g/mol. The van der Waals surface area contributed by atoms with Gasteiger partial charge in [-0.1, -0.05) is 12.1 Å². The van der Waals surface area contributed by atoms with Crippen LogP contribution in [0.2, 0.25) is 0 Å². The molecule has 1 aliphatic heterocycles. The number of halogens is 1. The lowest BCUT2D eigenvalue weighted by Gasteiger charge is -2.39. The average Bonchev–Trinajstić information content (AvgIpc) is 2.46. The zero-order valence-electron chi connectivity index (χ0n) is 10.3. The molecule has 0 aliphatic carbocycles. The van der Waals surface area contributed by atoms with Gasteiger partial charge < -0.3 is 0 Å². The lowest BCUT2D eigenvalue weighted by atomic mass is 9.78. The Balaban J connectivity index is 2.24. The van der Waals surface area contributed by atoms with Crippen molar-refractivity contribution in [3.8, 4) is 0 Å². The van der Waals surface area contributed by atoms with Crippen molar-refractivity contribution in [2.24, 2.45) is 4.99 Å². The Morgan fingerprint density at radius 2 is 1.82 bits per heavy atom. The van der Waals surface area contributed by atoms with E-state index in [9.17, 15) is 9.60 Å². The van der Waals surface area contributed by atoms with Crippen molar-refractivity contribution < 1.29 is 9.60 Å². The molecule has 0 saturated carbocycles. The van der Waals surface area contributed by atoms with E-state index in [0.717, 1.165) is 10.6 Å². The van der Waals surface area contributed by atoms with E-state index in [0.29, 0.717) is 6.42 Å². The van der Waals surface area contributed by atoms with E-state index in [4.69, 9.17) is 0 Å². The number of hydrogen-bond acceptors (Lipinski definition) is 3. The molecule has 3 nitrogen and oxygen atoms in total. The Labute approximate surface area is 101 Å². The summed E-state index contributed by atoms with van der Waals surface area (Å²) in [7, 11) is 0. The van der Waals surface area contributed by atoms with Crippen molar-refractivity contribution in [3.05, 3.63) is 35.6 Å². The van der Waals surface area contributed by atoms with Crippen LogP contribution in [-0.4, -0.2) is 27.7 Å². The van der Waals surface area contributed by atoms with Crippen LogP contribution in [0.15, 0.2) is 29.3 Å². The molecule has 17 heavy (non-hydrogen) atoms. The number of hydrogen-bond donors (Lipinski definition) is 1. The smallest absolute Gasteiger partial charge is 0.123 e. The highest BCUT2D eigenvalue weighted by molar-refractivity contribution is 5.60. The van der Waals surface area contributed by atoms with Gasteiger partial charge in [-0.2, -0.15) is 0 Å². The van der Waals surface area contributed by atoms with Crippen LogP contribution in [0.5, 0.6) is 0 Å². The van der Waals surface area contributed by atoms with Crippen LogP contribution in [0, 0.1) is 5.82 Å². The zero-order chi connectivity index (χ0) is 12.7. The lowest BCUT2D eigenvalue weighted by Crippen LogP contribution is -2.52. The van der Waals surface area contributed by atoms with Crippen LogP contribution in [0.4, 0.5) is 4.39 Å². The maximum atomic E-state index is 12.8. The first-order chi connectivity index (χ1) is 7.85. The molecule has 0 saturated heterocycles. The largest absolute Gasteiger partial charge is 0.287 e. The summed E-state index contributed by atoms with van der Waals surface area (Å²) in [5, 5.41) is 10.9. The Kier molecular flexibility index (Phi) is 2.70. The summed E-state index contributed by atoms with van der Waals surface area (Å²) < 4.78 is 12.8. The minimum Gasteiger partial charge on any atom is -0.287 e. The first-order valence-electron chi connectivity index (χ1n) is 5.63. The summed E-state index contributed by atoms with van der Waals surface area (Å²) in [5.74, 6) is -0.239. The summed E-state index contributed by atoms with van der Waals surface area (Å²) in [6, 6.07) is 6.40. The molecule has 0 aromatic heterocycles. The summed E-state index contributed by atoms with van der Waals surface area (Å²) in [4.78, 5) is 4.38. The van der Waals surface area contributed by atoms with E-state index >= 15 is 0 Å². The van der Waals surface area contributed by atoms with E-state index < -0.39 is 11.1 Å². The predicted molar refractivity (Wildman–Crippen MR) is 64.7 cm³/mol. The molecular formula is C13H17FN2O. The molecule has 1 aliphatic rings. The molecule has 1 atom stereocenters. The van der Waals surface area contributed by atoms with Crippen LogP contribution >= 0.6 is 0 Å². The third-order valence-corrected chi connectivity index (χ3v) is 3.80. The third kappa shape index (κ3) is 1.93. The molecule has 2 rings (SSSR count). The van der Waals surface area contributed by atoms with Gasteiger partial charge >= 0.3 is 0 Å². The van der Waals surface area contributed by atoms with Gasteiger partial charge in [0.05, 0.1) is 11.1 Å². The summed E-state index contributed by atoms with van der Waals surface area (Å²) >= 11 is 0. The van der Waals surface area contributed by atoms with Gasteiger partial charge in [0.15, 0.2) is 0 Å². The van der Waals surface area contributed by atoms with Gasteiger partial charge in [-0.15, -0.1) is 0 Å². The van der Waals surface area contributed by atoms with E-state index in [-0.39, 0.29) is 5.82 Å². The van der Waals surface area contributed by atoms with Crippen LogP contribution < -0.4 is 0 Å². The van der Waals surface area contributed by atoms with Gasteiger partial charge in [0.2, 0.25) is 0 Å². The fourth-order valence-corrected chi connectivity index (χ4v) is 1.99. The first-order valence-corrected chi connectivity index (χ1v) is 5.63. The van der Waals surface area contributed by atoms with Crippen molar-refractivity contribution in [1.82, 2.24) is 5.06 Å². The van der Waals surface area contributed by atoms with Crippen LogP contribution in [-0.2, 0) is 6.42 Å². The van der Waals surface area contributed by atoms with Crippen molar-refractivity contribution in [3.63, 3.8) is 0 Å². The number of hydroxylamine groups is 2. The number of benzene rings is 1. The van der Waals surface area contributed by atoms with Gasteiger partial charge in [-0.05, 0) is 44.9 Å². The summed E-state index contributed by atoms with van der Waals surface area (Å²) in [6.45, 7) is 5.86. The van der Waals surface area contributed by atoms with Gasteiger partial charge in [-0.3, -0.25) is 10.2 Å². The highest BCUT2D eigenvalue weighted by Crippen LogP contribution is 2.37. The van der Waals surface area contributed by atoms with Gasteiger partial charge in [-0.25, -0.2) is 9.45 Å². The molecule has 0 amide bonds. The molecule has 1 unspecified atom stereocenters. The minimum absolute atomic E-state index is 0.239. The predicted octanol–water partition coefficient (Wildman–Crippen LogP) is 2.64. The van der Waals surface area contributed by atoms with Crippen LogP contribution in [0.25, 0.3) is 0 Å². The average molecular weight is 236 g/mol. The fourth-order valence-electron chi connectivity index (χ4n) is 1.99. The Bertz CT molecular complexity index is 441. The minimum atomic E-state index is -0.471. The number of rotatable bonds is 2. The van der Waals surface area contributed by atoms with E-state index in [1.54, 1.807) is 12.1 Å². The Hall–Kier alpha value is -1.42. The van der Waals surface area contributed by atoms with Crippen molar-refractivity contribution in [2.75, 3.05) is 0 Å². The van der Waals surface area contributed by atoms with Gasteiger partial charge in [0, 0.05) is 0 Å². The molecule has 1 aromatic rings. The molecule has 0 bridgehead atoms. The lowest BCUT2D eigenvalue weighted by molar-refractivity contribution is -0.0981. The van der Waals surface area contributed by atoms with Crippen molar-refractivity contribution in [2.45, 2.75) is 38.3 Å². The standard InChI is InChI=1S/C13H17FN2O/c1-12(2)13(3,15-9-16(12)17)8-10-4-6-11(14)7-5-10/h4-7,9,17H,8H2,1-3H3. The van der Waals surface area contributed by atoms with Gasteiger partial charge in [0.1, 0.15) is 12.2 Å². The normalized spacial score (nSPS) is 26.5. The second kappa shape index (κ2) is 3.81. The molecule has 92 valence electrons. The second-order valence-corrected chi connectivity index (χ2v) is 5.23. The zero-order valence-corrected chi connectivity index (χ0v) is 10.3. The van der Waals surface area contributed by atoms with E-state index in [1.807, 2.05) is 20.8 Å². The fraction of sp³-hybridized carbons (Fsp3) is 0.462. The molecule has 1 heterocycles. The second-order valence-electron chi connectivity index (χ2n) is 5.23. The van der Waals surface area contributed by atoms with Crippen LogP contribution in [0.3, 0.4) is 0 Å².